The van der Waals surface area contributed by atoms with Gasteiger partial charge >= 0.3 is 0 Å². The van der Waals surface area contributed by atoms with E-state index in [1.807, 2.05) is 22.8 Å². The fourth-order valence-electron chi connectivity index (χ4n) is 3.45. The van der Waals surface area contributed by atoms with Crippen LogP contribution < -0.4 is 5.32 Å². The summed E-state index contributed by atoms with van der Waals surface area (Å²) in [5.74, 6) is 0.354. The van der Waals surface area contributed by atoms with Crippen LogP contribution in [0.25, 0.3) is 0 Å². The molecule has 1 aromatic rings. The Morgan fingerprint density at radius 3 is 2.58 bits per heavy atom. The molecule has 24 heavy (non-hydrogen) atoms. The summed E-state index contributed by atoms with van der Waals surface area (Å²) in [7, 11) is 0. The molecule has 2 fully saturated rings. The van der Waals surface area contributed by atoms with Crippen molar-refractivity contribution in [3.05, 3.63) is 17.5 Å². The molecular weight excluding hydrogens is 306 g/mol. The Bertz CT molecular complexity index is 571. The maximum Gasteiger partial charge on any atom is 0.239 e. The topological polar surface area (TPSA) is 81.3 Å². The second-order valence-corrected chi connectivity index (χ2v) is 6.75. The Hall–Kier alpha value is -1.89. The maximum absolute atomic E-state index is 12.5. The molecule has 2 aliphatic rings. The zero-order chi connectivity index (χ0) is 16.9. The van der Waals surface area contributed by atoms with Crippen LogP contribution in [0.15, 0.2) is 6.07 Å². The molecule has 0 bridgehead atoms. The van der Waals surface area contributed by atoms with Gasteiger partial charge < -0.3 is 15.1 Å². The molecule has 0 aliphatic carbocycles. The van der Waals surface area contributed by atoms with Gasteiger partial charge in [-0.05, 0) is 32.4 Å². The summed E-state index contributed by atoms with van der Waals surface area (Å²) in [6, 6.07) is 1.95. The van der Waals surface area contributed by atoms with Crippen LogP contribution in [0.4, 0.5) is 0 Å². The largest absolute Gasteiger partial charge is 0.339 e. The Morgan fingerprint density at radius 1 is 1.21 bits per heavy atom. The first-order valence-electron chi connectivity index (χ1n) is 8.94. The van der Waals surface area contributed by atoms with E-state index in [9.17, 15) is 9.59 Å². The molecule has 1 aromatic heterocycles. The molecule has 2 aliphatic heterocycles. The van der Waals surface area contributed by atoms with E-state index in [4.69, 9.17) is 0 Å². The van der Waals surface area contributed by atoms with Crippen LogP contribution in [0.1, 0.15) is 37.1 Å². The van der Waals surface area contributed by atoms with Crippen molar-refractivity contribution in [1.29, 1.82) is 0 Å². The highest BCUT2D eigenvalue weighted by Gasteiger charge is 2.29. The van der Waals surface area contributed by atoms with Gasteiger partial charge in [0.1, 0.15) is 0 Å². The lowest BCUT2D eigenvalue weighted by Crippen LogP contribution is -2.55. The highest BCUT2D eigenvalue weighted by Crippen LogP contribution is 2.13. The van der Waals surface area contributed by atoms with E-state index < -0.39 is 0 Å². The van der Waals surface area contributed by atoms with E-state index in [0.717, 1.165) is 37.2 Å². The minimum Gasteiger partial charge on any atom is -0.339 e. The van der Waals surface area contributed by atoms with Gasteiger partial charge in [-0.15, -0.1) is 0 Å². The lowest BCUT2D eigenvalue weighted by atomic mass is 10.0. The summed E-state index contributed by atoms with van der Waals surface area (Å²) >= 11 is 0. The standard InChI is InChI=1S/C17H27N5O2/c1-13-12-14(20-19-13)5-6-16(23)21-8-10-22(11-9-21)17(24)15-4-2-3-7-18-15/h12,15,18H,2-11H2,1H3,(H,19,20)/t15-/m0/s1. The van der Waals surface area contributed by atoms with E-state index in [0.29, 0.717) is 39.0 Å². The van der Waals surface area contributed by atoms with E-state index >= 15 is 0 Å². The van der Waals surface area contributed by atoms with Crippen LogP contribution >= 0.6 is 0 Å². The molecule has 3 heterocycles. The van der Waals surface area contributed by atoms with Crippen LogP contribution in [0.5, 0.6) is 0 Å². The van der Waals surface area contributed by atoms with Crippen molar-refractivity contribution in [2.75, 3.05) is 32.7 Å². The Kier molecular flexibility index (Phi) is 5.50. The average Bonchev–Trinajstić information content (AvgIpc) is 3.05. The summed E-state index contributed by atoms with van der Waals surface area (Å²) in [6.45, 7) is 5.44. The van der Waals surface area contributed by atoms with Gasteiger partial charge in [-0.3, -0.25) is 14.7 Å². The Balaban J connectivity index is 1.42. The van der Waals surface area contributed by atoms with Crippen molar-refractivity contribution in [2.45, 2.75) is 45.1 Å². The van der Waals surface area contributed by atoms with Crippen LogP contribution in [0.3, 0.4) is 0 Å². The quantitative estimate of drug-likeness (QED) is 0.839. The number of rotatable bonds is 4. The first-order chi connectivity index (χ1) is 11.6. The zero-order valence-corrected chi connectivity index (χ0v) is 14.4. The highest BCUT2D eigenvalue weighted by molar-refractivity contribution is 5.82. The fraction of sp³-hybridized carbons (Fsp3) is 0.706. The number of nitrogens with zero attached hydrogens (tertiary/aromatic N) is 3. The fourth-order valence-corrected chi connectivity index (χ4v) is 3.45. The number of H-pyrrole nitrogens is 1. The molecule has 0 radical (unpaired) electrons. The number of hydrogen-bond donors (Lipinski definition) is 2. The summed E-state index contributed by atoms with van der Waals surface area (Å²) in [4.78, 5) is 28.6. The molecule has 2 N–H and O–H groups in total. The number of carbonyl (C=O) groups is 2. The van der Waals surface area contributed by atoms with E-state index in [1.165, 1.54) is 0 Å². The molecule has 7 heteroatoms. The third kappa shape index (κ3) is 4.14. The predicted octanol–water partition coefficient (Wildman–Crippen LogP) is 0.464. The van der Waals surface area contributed by atoms with Crippen molar-refractivity contribution in [3.63, 3.8) is 0 Å². The van der Waals surface area contributed by atoms with Gasteiger partial charge in [0.15, 0.2) is 0 Å². The lowest BCUT2D eigenvalue weighted by Gasteiger charge is -2.37. The first kappa shape index (κ1) is 17.0. The molecule has 132 valence electrons. The molecule has 0 aromatic carbocycles. The van der Waals surface area contributed by atoms with E-state index in [2.05, 4.69) is 15.5 Å². The molecule has 0 spiro atoms. The van der Waals surface area contributed by atoms with Crippen molar-refractivity contribution < 1.29 is 9.59 Å². The number of piperidine rings is 1. The van der Waals surface area contributed by atoms with Crippen LogP contribution in [-0.2, 0) is 16.0 Å². The van der Waals surface area contributed by atoms with E-state index in [-0.39, 0.29) is 17.9 Å². The van der Waals surface area contributed by atoms with Crippen LogP contribution in [0, 0.1) is 6.92 Å². The summed E-state index contributed by atoms with van der Waals surface area (Å²) in [5, 5.41) is 10.4. The normalized spacial score (nSPS) is 21.8. The van der Waals surface area contributed by atoms with Gasteiger partial charge in [-0.2, -0.15) is 5.10 Å². The minimum atomic E-state index is -0.0242. The molecule has 2 saturated heterocycles. The molecular formula is C17H27N5O2. The van der Waals surface area contributed by atoms with Gasteiger partial charge in [0.05, 0.1) is 11.7 Å². The second-order valence-electron chi connectivity index (χ2n) is 6.75. The number of aromatic nitrogens is 2. The summed E-state index contributed by atoms with van der Waals surface area (Å²) < 4.78 is 0. The van der Waals surface area contributed by atoms with Gasteiger partial charge in [0, 0.05) is 44.7 Å². The monoisotopic (exact) mass is 333 g/mol. The number of aromatic amines is 1. The summed E-state index contributed by atoms with van der Waals surface area (Å²) in [5.41, 5.74) is 1.94. The molecule has 7 nitrogen and oxygen atoms in total. The van der Waals surface area contributed by atoms with Gasteiger partial charge in [-0.25, -0.2) is 0 Å². The van der Waals surface area contributed by atoms with Crippen molar-refractivity contribution in [3.8, 4) is 0 Å². The Labute approximate surface area is 142 Å². The molecule has 0 unspecified atom stereocenters. The number of aryl methyl sites for hydroxylation is 2. The third-order valence-corrected chi connectivity index (χ3v) is 4.91. The molecule has 2 amide bonds. The number of piperazine rings is 1. The predicted molar refractivity (Wildman–Crippen MR) is 90.4 cm³/mol. The molecule has 1 atom stereocenters. The smallest absolute Gasteiger partial charge is 0.239 e. The number of hydrogen-bond acceptors (Lipinski definition) is 4. The third-order valence-electron chi connectivity index (χ3n) is 4.91. The zero-order valence-electron chi connectivity index (χ0n) is 14.4. The molecule has 3 rings (SSSR count). The van der Waals surface area contributed by atoms with Gasteiger partial charge in [0.2, 0.25) is 11.8 Å². The lowest BCUT2D eigenvalue weighted by molar-refractivity contribution is -0.141. The van der Waals surface area contributed by atoms with Gasteiger partial charge in [0.25, 0.3) is 0 Å². The Morgan fingerprint density at radius 2 is 1.96 bits per heavy atom. The summed E-state index contributed by atoms with van der Waals surface area (Å²) in [6.07, 6.45) is 4.34. The maximum atomic E-state index is 12.5. The van der Waals surface area contributed by atoms with Crippen LogP contribution in [-0.4, -0.2) is 70.6 Å². The van der Waals surface area contributed by atoms with Gasteiger partial charge in [-0.1, -0.05) is 6.42 Å². The van der Waals surface area contributed by atoms with E-state index in [1.54, 1.807) is 0 Å². The number of nitrogens with one attached hydrogen (secondary N) is 2. The number of amides is 2. The average molecular weight is 333 g/mol. The van der Waals surface area contributed by atoms with Crippen molar-refractivity contribution in [2.24, 2.45) is 0 Å². The van der Waals surface area contributed by atoms with Crippen molar-refractivity contribution >= 4 is 11.8 Å². The minimum absolute atomic E-state index is 0.0242. The number of carbonyl (C=O) groups excluding carboxylic acids is 2. The molecule has 0 saturated carbocycles. The van der Waals surface area contributed by atoms with Crippen LogP contribution in [0.2, 0.25) is 0 Å². The first-order valence-corrected chi connectivity index (χ1v) is 8.94. The SMILES string of the molecule is Cc1cc(CCC(=O)N2CCN(C(=O)[C@@H]3CCCCN3)CC2)n[nH]1. The second kappa shape index (κ2) is 7.79. The van der Waals surface area contributed by atoms with Crippen molar-refractivity contribution in [1.82, 2.24) is 25.3 Å². The highest BCUT2D eigenvalue weighted by atomic mass is 16.2.